The van der Waals surface area contributed by atoms with E-state index in [9.17, 15) is 0 Å². The summed E-state index contributed by atoms with van der Waals surface area (Å²) in [5.74, 6) is 3.30. The summed E-state index contributed by atoms with van der Waals surface area (Å²) in [7, 11) is 0. The van der Waals surface area contributed by atoms with Crippen LogP contribution in [-0.4, -0.2) is 10.9 Å². The van der Waals surface area contributed by atoms with Crippen LogP contribution in [0.3, 0.4) is 0 Å². The van der Waals surface area contributed by atoms with Crippen LogP contribution in [0.4, 0.5) is 0 Å². The second kappa shape index (κ2) is 6.45. The fraction of sp³-hybridized carbons (Fsp3) is 0.471. The largest absolute Gasteiger partial charge is 0.449 e. The lowest BCUT2D eigenvalue weighted by Crippen LogP contribution is -2.27. The molecule has 0 aliphatic heterocycles. The minimum absolute atomic E-state index is 0.445. The van der Waals surface area contributed by atoms with Crippen molar-refractivity contribution < 1.29 is 4.42 Å². The highest BCUT2D eigenvalue weighted by Crippen LogP contribution is 2.40. The molecule has 1 aromatic heterocycles. The average molecular weight is 290 g/mol. The zero-order valence-electron chi connectivity index (χ0n) is 11.5. The summed E-state index contributed by atoms with van der Waals surface area (Å²) < 4.78 is 5.47. The lowest BCUT2D eigenvalue weighted by Gasteiger charge is -2.34. The van der Waals surface area contributed by atoms with Crippen molar-refractivity contribution in [3.8, 4) is 0 Å². The highest BCUT2D eigenvalue weighted by atomic mass is 35.5. The first-order valence-corrected chi connectivity index (χ1v) is 7.89. The number of alkyl halides is 1. The minimum atomic E-state index is 0.445. The van der Waals surface area contributed by atoms with Gasteiger partial charge in [-0.15, -0.1) is 11.6 Å². The van der Waals surface area contributed by atoms with Crippen molar-refractivity contribution >= 4 is 11.6 Å². The van der Waals surface area contributed by atoms with Crippen molar-refractivity contribution in [2.75, 3.05) is 5.88 Å². The van der Waals surface area contributed by atoms with Gasteiger partial charge in [0.25, 0.3) is 0 Å². The molecule has 3 rings (SSSR count). The quantitative estimate of drug-likeness (QED) is 0.765. The highest BCUT2D eigenvalue weighted by molar-refractivity contribution is 6.18. The Balaban J connectivity index is 1.66. The number of hydrogen-bond donors (Lipinski definition) is 0. The maximum absolute atomic E-state index is 6.22. The number of oxazole rings is 1. The van der Waals surface area contributed by atoms with Crippen molar-refractivity contribution in [3.05, 3.63) is 54.2 Å². The van der Waals surface area contributed by atoms with Crippen LogP contribution in [-0.2, 0) is 6.42 Å². The van der Waals surface area contributed by atoms with Gasteiger partial charge in [0.1, 0.15) is 6.26 Å². The van der Waals surface area contributed by atoms with Gasteiger partial charge in [-0.25, -0.2) is 4.98 Å². The summed E-state index contributed by atoms with van der Waals surface area (Å²) in [5.41, 5.74) is 1.42. The first kappa shape index (κ1) is 13.7. The van der Waals surface area contributed by atoms with Crippen molar-refractivity contribution in [1.29, 1.82) is 0 Å². The summed E-state index contributed by atoms with van der Waals surface area (Å²) in [6, 6.07) is 10.7. The summed E-state index contributed by atoms with van der Waals surface area (Å²) in [5, 5.41) is 0. The smallest absolute Gasteiger partial charge is 0.197 e. The van der Waals surface area contributed by atoms with Gasteiger partial charge in [-0.1, -0.05) is 30.3 Å². The number of hydrogen-bond acceptors (Lipinski definition) is 2. The molecule has 3 heteroatoms. The first-order valence-electron chi connectivity index (χ1n) is 7.36. The van der Waals surface area contributed by atoms with Gasteiger partial charge in [0, 0.05) is 11.8 Å². The van der Waals surface area contributed by atoms with Gasteiger partial charge >= 0.3 is 0 Å². The Hall–Kier alpha value is -1.28. The summed E-state index contributed by atoms with van der Waals surface area (Å²) in [6.07, 6.45) is 8.00. The summed E-state index contributed by atoms with van der Waals surface area (Å²) >= 11 is 6.22. The van der Waals surface area contributed by atoms with Gasteiger partial charge in [0.15, 0.2) is 5.89 Å². The van der Waals surface area contributed by atoms with E-state index in [1.807, 2.05) is 0 Å². The molecule has 3 atom stereocenters. The Bertz CT molecular complexity index is 511. The van der Waals surface area contributed by atoms with Crippen LogP contribution in [0.15, 0.2) is 47.2 Å². The van der Waals surface area contributed by atoms with Gasteiger partial charge in [0.2, 0.25) is 0 Å². The molecule has 0 bridgehead atoms. The van der Waals surface area contributed by atoms with Gasteiger partial charge in [0.05, 0.1) is 6.20 Å². The van der Waals surface area contributed by atoms with E-state index in [1.165, 1.54) is 12.0 Å². The molecule has 1 saturated carbocycles. The Morgan fingerprint density at radius 1 is 1.15 bits per heavy atom. The molecule has 3 unspecified atom stereocenters. The van der Waals surface area contributed by atoms with E-state index in [-0.39, 0.29) is 0 Å². The van der Waals surface area contributed by atoms with Crippen LogP contribution in [0.25, 0.3) is 0 Å². The topological polar surface area (TPSA) is 26.0 Å². The maximum atomic E-state index is 6.22. The van der Waals surface area contributed by atoms with E-state index in [4.69, 9.17) is 16.0 Å². The Morgan fingerprint density at radius 3 is 2.70 bits per heavy atom. The SMILES string of the molecule is ClCC1CC(c2ncco2)CCC1Cc1ccccc1. The van der Waals surface area contributed by atoms with E-state index < -0.39 is 0 Å². The molecule has 2 aromatic rings. The molecule has 1 aliphatic carbocycles. The number of aromatic nitrogens is 1. The van der Waals surface area contributed by atoms with Crippen LogP contribution >= 0.6 is 11.6 Å². The maximum Gasteiger partial charge on any atom is 0.197 e. The molecule has 2 nitrogen and oxygen atoms in total. The number of halogens is 1. The Morgan fingerprint density at radius 2 is 2.00 bits per heavy atom. The third-order valence-corrected chi connectivity index (χ3v) is 4.88. The third kappa shape index (κ3) is 3.06. The van der Waals surface area contributed by atoms with Crippen LogP contribution < -0.4 is 0 Å². The average Bonchev–Trinajstić information content (AvgIpc) is 3.03. The molecule has 0 amide bonds. The molecule has 0 radical (unpaired) electrons. The van der Waals surface area contributed by atoms with Crippen molar-refractivity contribution in [2.45, 2.75) is 31.6 Å². The zero-order chi connectivity index (χ0) is 13.8. The molecular formula is C17H20ClNO. The van der Waals surface area contributed by atoms with Gasteiger partial charge in [-0.3, -0.25) is 0 Å². The lowest BCUT2D eigenvalue weighted by atomic mass is 9.72. The fourth-order valence-corrected chi connectivity index (χ4v) is 3.74. The number of nitrogens with zero attached hydrogens (tertiary/aromatic N) is 1. The van der Waals surface area contributed by atoms with Crippen LogP contribution in [0.5, 0.6) is 0 Å². The normalized spacial score (nSPS) is 26.6. The Kier molecular flexibility index (Phi) is 4.41. The van der Waals surface area contributed by atoms with Crippen LogP contribution in [0.1, 0.15) is 36.6 Å². The van der Waals surface area contributed by atoms with E-state index >= 15 is 0 Å². The van der Waals surface area contributed by atoms with Crippen LogP contribution in [0, 0.1) is 11.8 Å². The summed E-state index contributed by atoms with van der Waals surface area (Å²) in [6.45, 7) is 0. The van der Waals surface area contributed by atoms with Gasteiger partial charge in [-0.05, 0) is 43.1 Å². The molecule has 1 heterocycles. The molecule has 0 saturated heterocycles. The van der Waals surface area contributed by atoms with Crippen molar-refractivity contribution in [2.24, 2.45) is 11.8 Å². The predicted molar refractivity (Wildman–Crippen MR) is 80.9 cm³/mol. The zero-order valence-corrected chi connectivity index (χ0v) is 12.3. The van der Waals surface area contributed by atoms with Gasteiger partial charge < -0.3 is 4.42 Å². The van der Waals surface area contributed by atoms with E-state index in [1.54, 1.807) is 12.5 Å². The molecule has 1 aliphatic rings. The molecule has 20 heavy (non-hydrogen) atoms. The number of benzene rings is 1. The van der Waals surface area contributed by atoms with Gasteiger partial charge in [-0.2, -0.15) is 0 Å². The third-order valence-electron chi connectivity index (χ3n) is 4.48. The molecule has 0 N–H and O–H groups in total. The highest BCUT2D eigenvalue weighted by Gasteiger charge is 2.32. The fourth-order valence-electron chi connectivity index (χ4n) is 3.36. The van der Waals surface area contributed by atoms with E-state index in [0.717, 1.165) is 31.0 Å². The lowest BCUT2D eigenvalue weighted by molar-refractivity contribution is 0.215. The van der Waals surface area contributed by atoms with Crippen LogP contribution in [0.2, 0.25) is 0 Å². The molecular weight excluding hydrogens is 270 g/mol. The number of rotatable bonds is 4. The van der Waals surface area contributed by atoms with Crippen molar-refractivity contribution in [3.63, 3.8) is 0 Å². The second-order valence-electron chi connectivity index (χ2n) is 5.74. The summed E-state index contributed by atoms with van der Waals surface area (Å²) in [4.78, 5) is 4.31. The molecule has 1 aromatic carbocycles. The minimum Gasteiger partial charge on any atom is -0.449 e. The standard InChI is InChI=1S/C17H20ClNO/c18-12-16-11-15(17-19-8-9-20-17)7-6-14(16)10-13-4-2-1-3-5-13/h1-5,8-9,14-16H,6-7,10-12H2. The molecule has 1 fully saturated rings. The monoisotopic (exact) mass is 289 g/mol. The molecule has 106 valence electrons. The predicted octanol–water partition coefficient (Wildman–Crippen LogP) is 4.66. The van der Waals surface area contributed by atoms with Crippen molar-refractivity contribution in [1.82, 2.24) is 4.98 Å². The first-order chi connectivity index (χ1) is 9.86. The Labute approximate surface area is 125 Å². The van der Waals surface area contributed by atoms with E-state index in [2.05, 4.69) is 35.3 Å². The second-order valence-corrected chi connectivity index (χ2v) is 6.05. The molecule has 0 spiro atoms. The van der Waals surface area contributed by atoms with E-state index in [0.29, 0.717) is 17.8 Å².